The molecular weight excluding hydrogens is 252 g/mol. The first kappa shape index (κ1) is 12.7. The molecule has 3 heteroatoms. The second-order valence-corrected chi connectivity index (χ2v) is 6.25. The first-order valence-electron chi connectivity index (χ1n) is 6.99. The molecule has 0 bridgehead atoms. The Kier molecular flexibility index (Phi) is 3.85. The summed E-state index contributed by atoms with van der Waals surface area (Å²) >= 11 is 1.91. The number of rotatable bonds is 5. The monoisotopic (exact) mass is 272 g/mol. The van der Waals surface area contributed by atoms with E-state index in [1.165, 1.54) is 26.6 Å². The highest BCUT2D eigenvalue weighted by Gasteiger charge is 2.09. The van der Waals surface area contributed by atoms with E-state index in [0.717, 1.165) is 32.5 Å². The minimum Gasteiger partial charge on any atom is -0.384 e. The lowest BCUT2D eigenvalue weighted by atomic mass is 10.1. The van der Waals surface area contributed by atoms with Gasteiger partial charge in [-0.3, -0.25) is 0 Å². The lowest BCUT2D eigenvalue weighted by Crippen LogP contribution is -2.11. The van der Waals surface area contributed by atoms with Crippen LogP contribution in [0.5, 0.6) is 0 Å². The van der Waals surface area contributed by atoms with E-state index >= 15 is 0 Å². The number of fused-ring (bicyclic) bond motifs is 1. The molecule has 1 aromatic carbocycles. The number of aryl methyl sites for hydroxylation is 1. The molecule has 0 saturated carbocycles. The summed E-state index contributed by atoms with van der Waals surface area (Å²) in [6, 6.07) is 11.3. The summed E-state index contributed by atoms with van der Waals surface area (Å²) in [7, 11) is 0. The summed E-state index contributed by atoms with van der Waals surface area (Å²) < 4.78 is 0. The summed E-state index contributed by atoms with van der Waals surface area (Å²) in [6.45, 7) is 5.20. The number of hydrogen-bond donors (Lipinski definition) is 2. The van der Waals surface area contributed by atoms with Crippen LogP contribution in [0.25, 0.3) is 0 Å². The Morgan fingerprint density at radius 3 is 2.89 bits per heavy atom. The molecule has 0 unspecified atom stereocenters. The minimum absolute atomic E-state index is 0.939. The van der Waals surface area contributed by atoms with Crippen molar-refractivity contribution in [1.29, 1.82) is 0 Å². The molecule has 2 heterocycles. The van der Waals surface area contributed by atoms with Crippen LogP contribution in [0.2, 0.25) is 0 Å². The molecule has 0 spiro atoms. The van der Waals surface area contributed by atoms with Gasteiger partial charge in [0.25, 0.3) is 0 Å². The van der Waals surface area contributed by atoms with E-state index in [2.05, 4.69) is 47.9 Å². The Balaban J connectivity index is 1.54. The number of nitrogens with one attached hydrogen (secondary N) is 2. The fourth-order valence-electron chi connectivity index (χ4n) is 2.49. The van der Waals surface area contributed by atoms with Gasteiger partial charge >= 0.3 is 0 Å². The van der Waals surface area contributed by atoms with Crippen molar-refractivity contribution in [1.82, 2.24) is 5.32 Å². The van der Waals surface area contributed by atoms with Crippen molar-refractivity contribution in [3.63, 3.8) is 0 Å². The van der Waals surface area contributed by atoms with Gasteiger partial charge < -0.3 is 10.6 Å². The number of thiophene rings is 1. The molecule has 0 aliphatic carbocycles. The summed E-state index contributed by atoms with van der Waals surface area (Å²) in [5.41, 5.74) is 4.14. The van der Waals surface area contributed by atoms with Gasteiger partial charge in [0.1, 0.15) is 0 Å². The molecule has 100 valence electrons. The molecule has 1 aliphatic rings. The Bertz CT molecular complexity index is 560. The second kappa shape index (κ2) is 5.76. The van der Waals surface area contributed by atoms with E-state index in [1.54, 1.807) is 0 Å². The number of hydrogen-bond acceptors (Lipinski definition) is 3. The summed E-state index contributed by atoms with van der Waals surface area (Å²) in [5, 5.41) is 6.96. The maximum atomic E-state index is 3.53. The third-order valence-electron chi connectivity index (χ3n) is 3.58. The van der Waals surface area contributed by atoms with Gasteiger partial charge in [-0.15, -0.1) is 11.3 Å². The molecule has 0 atom stereocenters. The summed E-state index contributed by atoms with van der Waals surface area (Å²) in [4.78, 5) is 2.90. The van der Waals surface area contributed by atoms with Crippen LogP contribution < -0.4 is 10.6 Å². The zero-order valence-electron chi connectivity index (χ0n) is 11.3. The van der Waals surface area contributed by atoms with E-state index in [9.17, 15) is 0 Å². The van der Waals surface area contributed by atoms with Gasteiger partial charge in [-0.05, 0) is 42.2 Å². The van der Waals surface area contributed by atoms with Crippen LogP contribution in [0.15, 0.2) is 30.3 Å². The van der Waals surface area contributed by atoms with Crippen molar-refractivity contribution in [2.24, 2.45) is 0 Å². The highest BCUT2D eigenvalue weighted by molar-refractivity contribution is 7.11. The third-order valence-corrected chi connectivity index (χ3v) is 4.81. The quantitative estimate of drug-likeness (QED) is 0.869. The average molecular weight is 272 g/mol. The largest absolute Gasteiger partial charge is 0.384 e. The van der Waals surface area contributed by atoms with E-state index < -0.39 is 0 Å². The Morgan fingerprint density at radius 1 is 1.16 bits per heavy atom. The SMILES string of the molecule is CCc1ccc(CNCc2ccc3c(c2)NCC3)s1. The normalized spacial score (nSPS) is 13.3. The van der Waals surface area contributed by atoms with Crippen LogP contribution in [-0.4, -0.2) is 6.54 Å². The fraction of sp³-hybridized carbons (Fsp3) is 0.375. The molecule has 0 radical (unpaired) electrons. The van der Waals surface area contributed by atoms with Crippen LogP contribution >= 0.6 is 11.3 Å². The molecule has 0 amide bonds. The van der Waals surface area contributed by atoms with Crippen molar-refractivity contribution in [2.45, 2.75) is 32.9 Å². The van der Waals surface area contributed by atoms with Gasteiger partial charge in [0.15, 0.2) is 0 Å². The van der Waals surface area contributed by atoms with Gasteiger partial charge in [-0.25, -0.2) is 0 Å². The Hall–Kier alpha value is -1.32. The second-order valence-electron chi connectivity index (χ2n) is 4.99. The van der Waals surface area contributed by atoms with Gasteiger partial charge in [-0.1, -0.05) is 19.1 Å². The molecule has 0 fully saturated rings. The van der Waals surface area contributed by atoms with Crippen molar-refractivity contribution >= 4 is 17.0 Å². The van der Waals surface area contributed by atoms with Crippen LogP contribution in [-0.2, 0) is 25.9 Å². The fourth-order valence-corrected chi connectivity index (χ4v) is 3.41. The highest BCUT2D eigenvalue weighted by Crippen LogP contribution is 2.23. The third kappa shape index (κ3) is 2.99. The maximum Gasteiger partial charge on any atom is 0.0376 e. The van der Waals surface area contributed by atoms with Crippen LogP contribution in [0, 0.1) is 0 Å². The molecule has 1 aromatic heterocycles. The van der Waals surface area contributed by atoms with Crippen LogP contribution in [0.3, 0.4) is 0 Å². The predicted molar refractivity (Wildman–Crippen MR) is 82.9 cm³/mol. The molecule has 2 N–H and O–H groups in total. The smallest absolute Gasteiger partial charge is 0.0376 e. The van der Waals surface area contributed by atoms with Gasteiger partial charge in [0, 0.05) is 35.1 Å². The summed E-state index contributed by atoms with van der Waals surface area (Å²) in [6.07, 6.45) is 2.30. The van der Waals surface area contributed by atoms with E-state index in [0.29, 0.717) is 0 Å². The van der Waals surface area contributed by atoms with E-state index in [-0.39, 0.29) is 0 Å². The standard InChI is InChI=1S/C16H20N2S/c1-2-14-5-6-15(19-14)11-17-10-12-3-4-13-7-8-18-16(13)9-12/h3-6,9,17-18H,2,7-8,10-11H2,1H3. The summed E-state index contributed by atoms with van der Waals surface area (Å²) in [5.74, 6) is 0. The topological polar surface area (TPSA) is 24.1 Å². The molecular formula is C16H20N2S. The highest BCUT2D eigenvalue weighted by atomic mass is 32.1. The lowest BCUT2D eigenvalue weighted by Gasteiger charge is -2.06. The molecule has 1 aliphatic heterocycles. The lowest BCUT2D eigenvalue weighted by molar-refractivity contribution is 0.701. The molecule has 2 aromatic rings. The zero-order valence-corrected chi connectivity index (χ0v) is 12.1. The Labute approximate surface area is 118 Å². The molecule has 3 rings (SSSR count). The Morgan fingerprint density at radius 2 is 2.05 bits per heavy atom. The molecule has 0 saturated heterocycles. The van der Waals surface area contributed by atoms with Crippen molar-refractivity contribution in [3.05, 3.63) is 51.2 Å². The van der Waals surface area contributed by atoms with Gasteiger partial charge in [-0.2, -0.15) is 0 Å². The average Bonchev–Trinajstić information content (AvgIpc) is 3.06. The number of benzene rings is 1. The van der Waals surface area contributed by atoms with Crippen molar-refractivity contribution in [3.8, 4) is 0 Å². The van der Waals surface area contributed by atoms with Crippen molar-refractivity contribution < 1.29 is 0 Å². The molecule has 19 heavy (non-hydrogen) atoms. The minimum atomic E-state index is 0.939. The van der Waals surface area contributed by atoms with Gasteiger partial charge in [0.05, 0.1) is 0 Å². The molecule has 2 nitrogen and oxygen atoms in total. The van der Waals surface area contributed by atoms with E-state index in [1.807, 2.05) is 11.3 Å². The first-order valence-corrected chi connectivity index (χ1v) is 7.81. The van der Waals surface area contributed by atoms with Gasteiger partial charge in [0.2, 0.25) is 0 Å². The van der Waals surface area contributed by atoms with E-state index in [4.69, 9.17) is 0 Å². The van der Waals surface area contributed by atoms with Crippen LogP contribution in [0.4, 0.5) is 5.69 Å². The maximum absolute atomic E-state index is 3.53. The first-order chi connectivity index (χ1) is 9.35. The van der Waals surface area contributed by atoms with Crippen LogP contribution in [0.1, 0.15) is 27.8 Å². The number of anilines is 1. The van der Waals surface area contributed by atoms with Crippen molar-refractivity contribution in [2.75, 3.05) is 11.9 Å². The zero-order chi connectivity index (χ0) is 13.1. The predicted octanol–water partition coefficient (Wildman–Crippen LogP) is 3.57.